The first kappa shape index (κ1) is 22.6. The van der Waals surface area contributed by atoms with Gasteiger partial charge in [-0.2, -0.15) is 4.39 Å². The van der Waals surface area contributed by atoms with Crippen molar-refractivity contribution >= 4 is 29.1 Å². The van der Waals surface area contributed by atoms with Crippen molar-refractivity contribution < 1.29 is 18.7 Å². The van der Waals surface area contributed by atoms with E-state index in [-0.39, 0.29) is 42.5 Å². The molecule has 2 aromatic carbocycles. The van der Waals surface area contributed by atoms with E-state index in [1.807, 2.05) is 41.3 Å². The first-order valence-electron chi connectivity index (χ1n) is 11.4. The molecular formula is C25H25FN6O3. The number of ether oxygens (including phenoxy) is 1. The third-order valence-electron chi connectivity index (χ3n) is 5.92. The summed E-state index contributed by atoms with van der Waals surface area (Å²) in [5.74, 6) is -0.112. The monoisotopic (exact) mass is 476 g/mol. The maximum Gasteiger partial charge on any atom is 0.262 e. The number of anilines is 3. The molecule has 1 aliphatic carbocycles. The number of amides is 2. The number of hydrogen-bond donors (Lipinski definition) is 3. The van der Waals surface area contributed by atoms with E-state index < -0.39 is 5.82 Å². The summed E-state index contributed by atoms with van der Waals surface area (Å²) in [7, 11) is 0. The Morgan fingerprint density at radius 1 is 1.14 bits per heavy atom. The standard InChI is InChI=1S/C25H25FN6O3/c26-23-24(28-11-16-3-1-15(2-4-16)10-21(27)33)29-14-30-25(23)32(18-6-7-18)12-17-5-8-19-20(9-17)35-13-22(34)31-19/h1-5,8-9,14,18H,6-7,10-13H2,(H2,27,33)(H,31,34)(H,28,29,30). The molecule has 1 aromatic heterocycles. The van der Waals surface area contributed by atoms with Gasteiger partial charge in [0.1, 0.15) is 12.1 Å². The van der Waals surface area contributed by atoms with Crippen LogP contribution >= 0.6 is 0 Å². The quantitative estimate of drug-likeness (QED) is 0.434. The van der Waals surface area contributed by atoms with Gasteiger partial charge >= 0.3 is 0 Å². The highest BCUT2D eigenvalue weighted by molar-refractivity contribution is 5.95. The van der Waals surface area contributed by atoms with Crippen molar-refractivity contribution in [3.05, 3.63) is 71.3 Å². The molecule has 1 saturated carbocycles. The molecule has 2 heterocycles. The number of hydrogen-bond acceptors (Lipinski definition) is 7. The molecule has 180 valence electrons. The van der Waals surface area contributed by atoms with Gasteiger partial charge in [-0.1, -0.05) is 30.3 Å². The van der Waals surface area contributed by atoms with Crippen molar-refractivity contribution in [3.63, 3.8) is 0 Å². The zero-order valence-electron chi connectivity index (χ0n) is 19.0. The third-order valence-corrected chi connectivity index (χ3v) is 5.92. The Bertz CT molecular complexity index is 1260. The number of carbonyl (C=O) groups is 2. The molecule has 3 aromatic rings. The Kier molecular flexibility index (Phi) is 6.17. The topological polar surface area (TPSA) is 122 Å². The highest BCUT2D eigenvalue weighted by Crippen LogP contribution is 2.36. The first-order chi connectivity index (χ1) is 17.0. The number of rotatable bonds is 9. The Balaban J connectivity index is 1.31. The van der Waals surface area contributed by atoms with Gasteiger partial charge in [-0.05, 0) is 41.7 Å². The summed E-state index contributed by atoms with van der Waals surface area (Å²) < 4.78 is 21.0. The van der Waals surface area contributed by atoms with Crippen LogP contribution in [0.4, 0.5) is 21.7 Å². The number of benzene rings is 2. The minimum atomic E-state index is -0.508. The molecule has 2 aliphatic rings. The molecule has 35 heavy (non-hydrogen) atoms. The van der Waals surface area contributed by atoms with Crippen LogP contribution in [0, 0.1) is 5.82 Å². The van der Waals surface area contributed by atoms with Gasteiger partial charge in [-0.3, -0.25) is 9.59 Å². The van der Waals surface area contributed by atoms with Gasteiger partial charge in [0, 0.05) is 19.1 Å². The highest BCUT2D eigenvalue weighted by Gasteiger charge is 2.33. The van der Waals surface area contributed by atoms with E-state index in [4.69, 9.17) is 10.5 Å². The summed E-state index contributed by atoms with van der Waals surface area (Å²) in [4.78, 5) is 32.9. The first-order valence-corrected chi connectivity index (χ1v) is 11.4. The Hall–Kier alpha value is -4.21. The fourth-order valence-electron chi connectivity index (χ4n) is 4.02. The SMILES string of the molecule is NC(=O)Cc1ccc(CNc2ncnc(N(Cc3ccc4c(c3)OCC(=O)N4)C3CC3)c2F)cc1. The van der Waals surface area contributed by atoms with Crippen molar-refractivity contribution in [2.45, 2.75) is 38.4 Å². The summed E-state index contributed by atoms with van der Waals surface area (Å²) >= 11 is 0. The number of halogens is 1. The van der Waals surface area contributed by atoms with Crippen molar-refractivity contribution in [2.24, 2.45) is 5.73 Å². The van der Waals surface area contributed by atoms with Crippen molar-refractivity contribution in [2.75, 3.05) is 22.1 Å². The molecule has 9 nitrogen and oxygen atoms in total. The molecular weight excluding hydrogens is 451 g/mol. The molecule has 1 fully saturated rings. The maximum atomic E-state index is 15.5. The molecule has 0 atom stereocenters. The number of nitrogens with two attached hydrogens (primary N) is 1. The van der Waals surface area contributed by atoms with Gasteiger partial charge in [0.05, 0.1) is 12.1 Å². The Morgan fingerprint density at radius 2 is 1.89 bits per heavy atom. The molecule has 0 radical (unpaired) electrons. The third kappa shape index (κ3) is 5.32. The number of nitrogens with zero attached hydrogens (tertiary/aromatic N) is 3. The summed E-state index contributed by atoms with van der Waals surface area (Å²) in [6.45, 7) is 0.789. The van der Waals surface area contributed by atoms with Gasteiger partial charge in [0.15, 0.2) is 18.2 Å². The second kappa shape index (κ2) is 9.57. The molecule has 0 saturated heterocycles. The summed E-state index contributed by atoms with van der Waals surface area (Å²) in [6, 6.07) is 13.1. The smallest absolute Gasteiger partial charge is 0.262 e. The number of aromatic nitrogens is 2. The average Bonchev–Trinajstić information content (AvgIpc) is 3.68. The molecule has 0 unspecified atom stereocenters. The zero-order valence-corrected chi connectivity index (χ0v) is 19.0. The fraction of sp³-hybridized carbons (Fsp3) is 0.280. The molecule has 2 amide bonds. The van der Waals surface area contributed by atoms with Crippen LogP contribution in [0.2, 0.25) is 0 Å². The maximum absolute atomic E-state index is 15.5. The number of primary amides is 1. The van der Waals surface area contributed by atoms with Crippen molar-refractivity contribution in [1.29, 1.82) is 0 Å². The Morgan fingerprint density at radius 3 is 2.63 bits per heavy atom. The minimum Gasteiger partial charge on any atom is -0.482 e. The van der Waals surface area contributed by atoms with Crippen LogP contribution in [-0.4, -0.2) is 34.4 Å². The van der Waals surface area contributed by atoms with E-state index in [2.05, 4.69) is 20.6 Å². The normalized spacial score (nSPS) is 14.5. The lowest BCUT2D eigenvalue weighted by Gasteiger charge is -2.25. The van der Waals surface area contributed by atoms with Crippen LogP contribution in [-0.2, 0) is 29.1 Å². The van der Waals surface area contributed by atoms with E-state index >= 15 is 4.39 Å². The predicted octanol–water partition coefficient (Wildman–Crippen LogP) is 2.76. The van der Waals surface area contributed by atoms with Crippen LogP contribution in [0.25, 0.3) is 0 Å². The highest BCUT2D eigenvalue weighted by atomic mass is 19.1. The lowest BCUT2D eigenvalue weighted by atomic mass is 10.1. The van der Waals surface area contributed by atoms with Crippen LogP contribution in [0.1, 0.15) is 29.5 Å². The van der Waals surface area contributed by atoms with Crippen LogP contribution in [0.3, 0.4) is 0 Å². The number of fused-ring (bicyclic) bond motifs is 1. The van der Waals surface area contributed by atoms with Gasteiger partial charge in [-0.15, -0.1) is 0 Å². The Labute approximate surface area is 201 Å². The van der Waals surface area contributed by atoms with Crippen LogP contribution in [0.5, 0.6) is 5.75 Å². The second-order valence-corrected chi connectivity index (χ2v) is 8.70. The second-order valence-electron chi connectivity index (χ2n) is 8.70. The number of carbonyl (C=O) groups excluding carboxylic acids is 2. The molecule has 0 spiro atoms. The lowest BCUT2D eigenvalue weighted by molar-refractivity contribution is -0.119. The van der Waals surface area contributed by atoms with Crippen LogP contribution in [0.15, 0.2) is 48.8 Å². The molecule has 4 N–H and O–H groups in total. The van der Waals surface area contributed by atoms with E-state index in [0.29, 0.717) is 24.5 Å². The van der Waals surface area contributed by atoms with Gasteiger partial charge in [0.25, 0.3) is 5.91 Å². The summed E-state index contributed by atoms with van der Waals surface area (Å²) in [6.07, 6.45) is 3.46. The van der Waals surface area contributed by atoms with Crippen LogP contribution < -0.4 is 26.0 Å². The molecule has 5 rings (SSSR count). The van der Waals surface area contributed by atoms with E-state index in [9.17, 15) is 9.59 Å². The van der Waals surface area contributed by atoms with Gasteiger partial charge in [0.2, 0.25) is 11.7 Å². The fourth-order valence-corrected chi connectivity index (χ4v) is 4.02. The van der Waals surface area contributed by atoms with Gasteiger partial charge in [-0.25, -0.2) is 9.97 Å². The minimum absolute atomic E-state index is 0.0216. The largest absolute Gasteiger partial charge is 0.482 e. The van der Waals surface area contributed by atoms with E-state index in [1.165, 1.54) is 6.33 Å². The predicted molar refractivity (Wildman–Crippen MR) is 128 cm³/mol. The molecule has 0 bridgehead atoms. The molecule has 10 heteroatoms. The van der Waals surface area contributed by atoms with E-state index in [0.717, 1.165) is 29.5 Å². The van der Waals surface area contributed by atoms with Gasteiger partial charge < -0.3 is 26.0 Å². The molecule has 1 aliphatic heterocycles. The average molecular weight is 477 g/mol. The lowest BCUT2D eigenvalue weighted by Crippen LogP contribution is -2.28. The van der Waals surface area contributed by atoms with Crippen molar-refractivity contribution in [3.8, 4) is 5.75 Å². The zero-order chi connectivity index (χ0) is 24.4. The number of nitrogens with one attached hydrogen (secondary N) is 2. The summed E-state index contributed by atoms with van der Waals surface area (Å²) in [5.41, 5.74) is 8.53. The van der Waals surface area contributed by atoms with Crippen molar-refractivity contribution in [1.82, 2.24) is 9.97 Å². The van der Waals surface area contributed by atoms with E-state index in [1.54, 1.807) is 6.07 Å². The summed E-state index contributed by atoms with van der Waals surface area (Å²) in [5, 5.41) is 5.82.